The molecule has 0 aliphatic carbocycles. The number of benzene rings is 4. The molecule has 0 radical (unpaired) electrons. The van der Waals surface area contributed by atoms with Crippen molar-refractivity contribution in [2.75, 3.05) is 24.5 Å². The number of amides is 2. The average molecular weight is 683 g/mol. The van der Waals surface area contributed by atoms with E-state index in [0.717, 1.165) is 15.4 Å². The predicted molar refractivity (Wildman–Crippen MR) is 183 cm³/mol. The van der Waals surface area contributed by atoms with Gasteiger partial charge in [-0.2, -0.15) is 0 Å². The molecule has 2 amide bonds. The van der Waals surface area contributed by atoms with Gasteiger partial charge in [0.2, 0.25) is 11.8 Å². The van der Waals surface area contributed by atoms with Crippen molar-refractivity contribution in [1.82, 2.24) is 10.2 Å². The number of nitrogens with one attached hydrogen (secondary N) is 1. The van der Waals surface area contributed by atoms with Gasteiger partial charge in [0, 0.05) is 19.5 Å². The van der Waals surface area contributed by atoms with Gasteiger partial charge in [-0.3, -0.25) is 13.9 Å². The van der Waals surface area contributed by atoms with Crippen LogP contribution in [0.3, 0.4) is 0 Å². The number of halogens is 2. The standard InChI is InChI=1S/C35H37Cl2N3O5S/c1-4-20-38-35(42)32(22-26-10-6-5-7-11-26)39(23-27-16-19-29(36)30(37)21-27)34(41)24-40(31-12-8-9-13-33(31)45-3)46(43,44)28-17-14-25(2)15-18-28/h5-19,21,32H,4,20,22-24H2,1-3H3,(H,38,42)/t32-/m0/s1. The summed E-state index contributed by atoms with van der Waals surface area (Å²) in [5.74, 6) is -0.687. The maximum Gasteiger partial charge on any atom is 0.264 e. The number of ether oxygens (including phenoxy) is 1. The summed E-state index contributed by atoms with van der Waals surface area (Å²) in [4.78, 5) is 29.7. The Balaban J connectivity index is 1.83. The number of anilines is 1. The van der Waals surface area contributed by atoms with Gasteiger partial charge < -0.3 is 15.0 Å². The van der Waals surface area contributed by atoms with E-state index in [-0.39, 0.29) is 35.2 Å². The molecule has 1 N–H and O–H groups in total. The molecule has 0 saturated heterocycles. The summed E-state index contributed by atoms with van der Waals surface area (Å²) < 4.78 is 35.0. The van der Waals surface area contributed by atoms with Crippen LogP contribution in [-0.2, 0) is 32.6 Å². The molecule has 1 atom stereocenters. The van der Waals surface area contributed by atoms with E-state index in [1.807, 2.05) is 44.2 Å². The van der Waals surface area contributed by atoms with Gasteiger partial charge in [-0.1, -0.05) is 96.4 Å². The van der Waals surface area contributed by atoms with E-state index in [1.54, 1.807) is 54.6 Å². The first-order valence-electron chi connectivity index (χ1n) is 14.8. The Labute approximate surface area is 280 Å². The normalized spacial score (nSPS) is 11.8. The molecule has 0 heterocycles. The van der Waals surface area contributed by atoms with Crippen molar-refractivity contribution in [2.45, 2.75) is 44.2 Å². The third-order valence-corrected chi connectivity index (χ3v) is 9.91. The molecule has 0 aromatic heterocycles. The second-order valence-corrected chi connectivity index (χ2v) is 13.4. The van der Waals surface area contributed by atoms with Gasteiger partial charge >= 0.3 is 0 Å². The zero-order valence-corrected chi connectivity index (χ0v) is 28.3. The molecule has 4 rings (SSSR count). The first-order chi connectivity index (χ1) is 22.0. The lowest BCUT2D eigenvalue weighted by Gasteiger charge is -2.34. The summed E-state index contributed by atoms with van der Waals surface area (Å²) in [6.45, 7) is 3.57. The van der Waals surface area contributed by atoms with E-state index in [4.69, 9.17) is 27.9 Å². The molecule has 0 spiro atoms. The average Bonchev–Trinajstić information content (AvgIpc) is 3.06. The van der Waals surface area contributed by atoms with Crippen molar-refractivity contribution in [3.05, 3.63) is 124 Å². The number of methoxy groups -OCH3 is 1. The lowest BCUT2D eigenvalue weighted by Crippen LogP contribution is -2.53. The summed E-state index contributed by atoms with van der Waals surface area (Å²) in [6, 6.07) is 26.3. The van der Waals surface area contributed by atoms with E-state index in [9.17, 15) is 18.0 Å². The molecule has 8 nitrogen and oxygen atoms in total. The first kappa shape index (κ1) is 34.8. The van der Waals surface area contributed by atoms with Crippen LogP contribution in [-0.4, -0.2) is 51.4 Å². The molecule has 0 bridgehead atoms. The molecule has 0 aliphatic heterocycles. The molecule has 0 aliphatic rings. The Morgan fingerprint density at radius 2 is 1.54 bits per heavy atom. The summed E-state index contributed by atoms with van der Waals surface area (Å²) >= 11 is 12.5. The lowest BCUT2D eigenvalue weighted by atomic mass is 10.0. The van der Waals surface area contributed by atoms with E-state index >= 15 is 0 Å². The fraction of sp³-hybridized carbons (Fsp3) is 0.257. The predicted octanol–water partition coefficient (Wildman–Crippen LogP) is 6.67. The van der Waals surface area contributed by atoms with Crippen LogP contribution in [0.15, 0.2) is 102 Å². The Kier molecular flexibility index (Phi) is 12.1. The van der Waals surface area contributed by atoms with Crippen LogP contribution >= 0.6 is 23.2 Å². The van der Waals surface area contributed by atoms with Crippen LogP contribution in [0.5, 0.6) is 5.75 Å². The van der Waals surface area contributed by atoms with Crippen LogP contribution < -0.4 is 14.4 Å². The minimum atomic E-state index is -4.27. The fourth-order valence-electron chi connectivity index (χ4n) is 4.94. The molecule has 4 aromatic rings. The van der Waals surface area contributed by atoms with Crippen LogP contribution in [0.25, 0.3) is 0 Å². The molecule has 0 fully saturated rings. The maximum atomic E-state index is 14.6. The Hall–Kier alpha value is -4.05. The van der Waals surface area contributed by atoms with Crippen molar-refractivity contribution in [1.29, 1.82) is 0 Å². The first-order valence-corrected chi connectivity index (χ1v) is 17.0. The zero-order valence-electron chi connectivity index (χ0n) is 26.0. The number of hydrogen-bond donors (Lipinski definition) is 1. The minimum Gasteiger partial charge on any atom is -0.495 e. The van der Waals surface area contributed by atoms with Gasteiger partial charge in [0.1, 0.15) is 18.3 Å². The maximum absolute atomic E-state index is 14.6. The molecule has 242 valence electrons. The quantitative estimate of drug-likeness (QED) is 0.160. The van der Waals surface area contributed by atoms with E-state index in [2.05, 4.69) is 5.32 Å². The molecular formula is C35H37Cl2N3O5S. The van der Waals surface area contributed by atoms with Gasteiger partial charge in [-0.05, 0) is 60.9 Å². The number of carbonyl (C=O) groups excluding carboxylic acids is 2. The molecule has 11 heteroatoms. The smallest absolute Gasteiger partial charge is 0.264 e. The number of rotatable bonds is 14. The third kappa shape index (κ3) is 8.60. The second-order valence-electron chi connectivity index (χ2n) is 10.8. The zero-order chi connectivity index (χ0) is 33.3. The highest BCUT2D eigenvalue weighted by Gasteiger charge is 2.35. The Bertz CT molecular complexity index is 1750. The Morgan fingerprint density at radius 3 is 2.20 bits per heavy atom. The summed E-state index contributed by atoms with van der Waals surface area (Å²) in [6.07, 6.45) is 0.893. The van der Waals surface area contributed by atoms with Crippen molar-refractivity contribution in [3.63, 3.8) is 0 Å². The SMILES string of the molecule is CCCNC(=O)[C@H](Cc1ccccc1)N(Cc1ccc(Cl)c(Cl)c1)C(=O)CN(c1ccccc1OC)S(=O)(=O)c1ccc(C)cc1. The number of carbonyl (C=O) groups is 2. The molecule has 0 unspecified atom stereocenters. The minimum absolute atomic E-state index is 0.00867. The van der Waals surface area contributed by atoms with Crippen molar-refractivity contribution in [2.24, 2.45) is 0 Å². The van der Waals surface area contributed by atoms with Crippen molar-refractivity contribution in [3.8, 4) is 5.75 Å². The Morgan fingerprint density at radius 1 is 0.870 bits per heavy atom. The van der Waals surface area contributed by atoms with Crippen LogP contribution in [0.2, 0.25) is 10.0 Å². The lowest BCUT2D eigenvalue weighted by molar-refractivity contribution is -0.140. The van der Waals surface area contributed by atoms with Gasteiger partial charge in [0.25, 0.3) is 10.0 Å². The van der Waals surface area contributed by atoms with Crippen LogP contribution in [0.1, 0.15) is 30.0 Å². The van der Waals surface area contributed by atoms with Crippen molar-refractivity contribution >= 4 is 50.7 Å². The largest absolute Gasteiger partial charge is 0.495 e. The summed E-state index contributed by atoms with van der Waals surface area (Å²) in [7, 11) is -2.84. The molecular weight excluding hydrogens is 645 g/mol. The number of aryl methyl sites for hydroxylation is 1. The number of para-hydroxylation sites is 2. The van der Waals surface area contributed by atoms with Crippen molar-refractivity contribution < 1.29 is 22.7 Å². The highest BCUT2D eigenvalue weighted by atomic mass is 35.5. The van der Waals surface area contributed by atoms with E-state index in [0.29, 0.717) is 28.6 Å². The highest BCUT2D eigenvalue weighted by Crippen LogP contribution is 2.33. The van der Waals surface area contributed by atoms with Crippen LogP contribution in [0, 0.1) is 6.92 Å². The van der Waals surface area contributed by atoms with Gasteiger partial charge in [-0.15, -0.1) is 0 Å². The topological polar surface area (TPSA) is 96.0 Å². The monoisotopic (exact) mass is 681 g/mol. The number of hydrogen-bond acceptors (Lipinski definition) is 5. The van der Waals surface area contributed by atoms with Crippen LogP contribution in [0.4, 0.5) is 5.69 Å². The molecule has 0 saturated carbocycles. The van der Waals surface area contributed by atoms with Gasteiger partial charge in [0.05, 0.1) is 27.7 Å². The fourth-order valence-corrected chi connectivity index (χ4v) is 6.69. The number of sulfonamides is 1. The third-order valence-electron chi connectivity index (χ3n) is 7.40. The molecule has 46 heavy (non-hydrogen) atoms. The van der Waals surface area contributed by atoms with E-state index < -0.39 is 28.5 Å². The van der Waals surface area contributed by atoms with E-state index in [1.165, 1.54) is 24.1 Å². The second kappa shape index (κ2) is 16.0. The highest BCUT2D eigenvalue weighted by molar-refractivity contribution is 7.92. The van der Waals surface area contributed by atoms with Gasteiger partial charge in [-0.25, -0.2) is 8.42 Å². The number of nitrogens with zero attached hydrogens (tertiary/aromatic N) is 2. The molecule has 4 aromatic carbocycles. The summed E-state index contributed by atoms with van der Waals surface area (Å²) in [5.41, 5.74) is 2.52. The summed E-state index contributed by atoms with van der Waals surface area (Å²) in [5, 5.41) is 3.56. The van der Waals surface area contributed by atoms with Gasteiger partial charge in [0.15, 0.2) is 0 Å².